The van der Waals surface area contributed by atoms with Crippen LogP contribution in [0.15, 0.2) is 108 Å². The molecular formula is C43H43IrN2O3-. The minimum atomic E-state index is 0. The van der Waals surface area contributed by atoms with E-state index in [4.69, 9.17) is 9.40 Å². The molecule has 6 aromatic rings. The molecule has 0 saturated carbocycles. The van der Waals surface area contributed by atoms with Gasteiger partial charge in [-0.3, -0.25) is 14.8 Å². The Morgan fingerprint density at radius 3 is 2.27 bits per heavy atom. The van der Waals surface area contributed by atoms with E-state index >= 15 is 0 Å². The number of fused-ring (bicyclic) bond motifs is 6. The van der Waals surface area contributed by atoms with Crippen LogP contribution in [-0.2, 0) is 37.7 Å². The summed E-state index contributed by atoms with van der Waals surface area (Å²) in [5.74, 6) is 1.56. The van der Waals surface area contributed by atoms with Crippen LogP contribution in [0.4, 0.5) is 0 Å². The molecule has 0 aliphatic heterocycles. The van der Waals surface area contributed by atoms with E-state index in [2.05, 4.69) is 77.8 Å². The van der Waals surface area contributed by atoms with Crippen molar-refractivity contribution in [2.75, 3.05) is 0 Å². The predicted molar refractivity (Wildman–Crippen MR) is 196 cm³/mol. The third-order valence-electron chi connectivity index (χ3n) is 9.62. The van der Waals surface area contributed by atoms with E-state index in [0.29, 0.717) is 0 Å². The number of carbonyl (C=O) groups is 1. The van der Waals surface area contributed by atoms with Crippen LogP contribution in [0.3, 0.4) is 0 Å². The van der Waals surface area contributed by atoms with Crippen molar-refractivity contribution in [3.8, 4) is 33.5 Å². The Labute approximate surface area is 302 Å². The van der Waals surface area contributed by atoms with Crippen LogP contribution in [0.2, 0.25) is 0 Å². The van der Waals surface area contributed by atoms with Crippen LogP contribution in [0.5, 0.6) is 0 Å². The van der Waals surface area contributed by atoms with Crippen molar-refractivity contribution in [3.05, 3.63) is 121 Å². The maximum Gasteiger partial charge on any atom is 0.162 e. The number of ketones is 1. The molecule has 3 aromatic carbocycles. The third-order valence-corrected chi connectivity index (χ3v) is 9.62. The zero-order chi connectivity index (χ0) is 33.6. The van der Waals surface area contributed by atoms with Crippen LogP contribution in [0.25, 0.3) is 55.3 Å². The molecule has 1 N–H and O–H groups in total. The minimum absolute atomic E-state index is 0. The number of benzene rings is 3. The summed E-state index contributed by atoms with van der Waals surface area (Å²) in [6.45, 7) is 8.07. The number of aryl methyl sites for hydroxylation is 2. The van der Waals surface area contributed by atoms with Crippen LogP contribution < -0.4 is 0 Å². The molecule has 3 aromatic heterocycles. The molecule has 1 aliphatic rings. The summed E-state index contributed by atoms with van der Waals surface area (Å²) in [7, 11) is 0. The van der Waals surface area contributed by atoms with Crippen molar-refractivity contribution in [3.63, 3.8) is 0 Å². The Balaban J connectivity index is 0.000000252. The first-order chi connectivity index (χ1) is 23.5. The summed E-state index contributed by atoms with van der Waals surface area (Å²) in [5.41, 5.74) is 8.40. The molecular weight excluding hydrogens is 785 g/mol. The zero-order valence-electron chi connectivity index (χ0n) is 28.6. The van der Waals surface area contributed by atoms with E-state index in [1.165, 1.54) is 28.2 Å². The van der Waals surface area contributed by atoms with Gasteiger partial charge >= 0.3 is 0 Å². The monoisotopic (exact) mass is 828 g/mol. The van der Waals surface area contributed by atoms with Crippen LogP contribution in [-0.4, -0.2) is 20.9 Å². The molecule has 0 spiro atoms. The Bertz CT molecular complexity index is 2070. The molecule has 0 unspecified atom stereocenters. The van der Waals surface area contributed by atoms with Crippen molar-refractivity contribution in [1.29, 1.82) is 0 Å². The molecule has 3 heterocycles. The molecule has 6 heteroatoms. The third kappa shape index (κ3) is 7.46. The second-order valence-electron chi connectivity index (χ2n) is 12.4. The maximum absolute atomic E-state index is 11.7. The van der Waals surface area contributed by atoms with Crippen LogP contribution in [0, 0.1) is 17.9 Å². The topological polar surface area (TPSA) is 76.2 Å². The summed E-state index contributed by atoms with van der Waals surface area (Å²) in [6.07, 6.45) is 10.4. The number of nitrogens with zero attached hydrogens (tertiary/aromatic N) is 2. The van der Waals surface area contributed by atoms with Gasteiger partial charge in [0.15, 0.2) is 5.78 Å². The number of aliphatic hydroxyl groups excluding tert-OH is 1. The molecule has 0 amide bonds. The van der Waals surface area contributed by atoms with Gasteiger partial charge in [-0.15, -0.1) is 23.6 Å². The zero-order valence-corrected chi connectivity index (χ0v) is 31.0. The molecule has 0 fully saturated rings. The number of furan rings is 1. The summed E-state index contributed by atoms with van der Waals surface area (Å²) >= 11 is 0. The Kier molecular flexibility index (Phi) is 12.0. The van der Waals surface area contributed by atoms with E-state index in [1.807, 2.05) is 52.2 Å². The fourth-order valence-electron chi connectivity index (χ4n) is 6.83. The van der Waals surface area contributed by atoms with Gasteiger partial charge in [0.25, 0.3) is 0 Å². The molecule has 0 saturated heterocycles. The Hall–Kier alpha value is -4.38. The maximum atomic E-state index is 11.7. The van der Waals surface area contributed by atoms with Gasteiger partial charge in [0.1, 0.15) is 11.3 Å². The van der Waals surface area contributed by atoms with E-state index in [1.54, 1.807) is 0 Å². The average molecular weight is 828 g/mol. The second-order valence-corrected chi connectivity index (χ2v) is 12.4. The summed E-state index contributed by atoms with van der Waals surface area (Å²) in [6, 6.07) is 30.9. The van der Waals surface area contributed by atoms with Gasteiger partial charge in [-0.25, -0.2) is 0 Å². The molecule has 7 rings (SSSR count). The number of hydrogen-bond acceptors (Lipinski definition) is 5. The first-order valence-corrected chi connectivity index (χ1v) is 17.3. The van der Waals surface area contributed by atoms with Gasteiger partial charge in [0.2, 0.25) is 0 Å². The Morgan fingerprint density at radius 1 is 0.816 bits per heavy atom. The van der Waals surface area contributed by atoms with Crippen molar-refractivity contribution in [2.45, 2.75) is 66.2 Å². The van der Waals surface area contributed by atoms with Crippen LogP contribution >= 0.6 is 0 Å². The minimum Gasteiger partial charge on any atom is -0.512 e. The SMILES string of the molecule is CCC(CC)C(=O)/C=C(\O)C(CC)CC.[Ir].[c-]1c(-c2nccc3c4c(oc23)CCc2ncccc2-4)cc(-c2ccccc2)c2ccccc12. The molecule has 0 atom stereocenters. The van der Waals surface area contributed by atoms with Crippen molar-refractivity contribution < 1.29 is 34.4 Å². The van der Waals surface area contributed by atoms with Gasteiger partial charge in [0, 0.05) is 84.7 Å². The number of rotatable bonds is 9. The predicted octanol–water partition coefficient (Wildman–Crippen LogP) is 11.1. The molecule has 1 radical (unpaired) electrons. The van der Waals surface area contributed by atoms with Gasteiger partial charge in [-0.05, 0) is 49.8 Å². The number of allylic oxidation sites excluding steroid dienone is 2. The van der Waals surface area contributed by atoms with E-state index in [9.17, 15) is 9.90 Å². The van der Waals surface area contributed by atoms with Crippen molar-refractivity contribution in [2.24, 2.45) is 11.8 Å². The number of aromatic nitrogens is 2. The van der Waals surface area contributed by atoms with Crippen LogP contribution in [0.1, 0.15) is 64.8 Å². The molecule has 1 aliphatic carbocycles. The van der Waals surface area contributed by atoms with E-state index in [-0.39, 0.29) is 43.5 Å². The van der Waals surface area contributed by atoms with E-state index in [0.717, 1.165) is 83.2 Å². The fraction of sp³-hybridized carbons (Fsp3) is 0.279. The molecule has 0 bridgehead atoms. The molecule has 5 nitrogen and oxygen atoms in total. The summed E-state index contributed by atoms with van der Waals surface area (Å²) < 4.78 is 6.48. The number of aliphatic hydroxyl groups is 1. The van der Waals surface area contributed by atoms with Gasteiger partial charge < -0.3 is 9.52 Å². The number of pyridine rings is 2. The first kappa shape index (κ1) is 35.9. The molecule has 49 heavy (non-hydrogen) atoms. The van der Waals surface area contributed by atoms with Gasteiger partial charge in [-0.1, -0.05) is 98.8 Å². The number of hydrogen-bond donors (Lipinski definition) is 1. The quantitative estimate of drug-likeness (QED) is 0.0892. The smallest absolute Gasteiger partial charge is 0.162 e. The summed E-state index contributed by atoms with van der Waals surface area (Å²) in [4.78, 5) is 21.1. The summed E-state index contributed by atoms with van der Waals surface area (Å²) in [5, 5.41) is 13.1. The van der Waals surface area contributed by atoms with Crippen molar-refractivity contribution >= 4 is 27.5 Å². The fourth-order valence-corrected chi connectivity index (χ4v) is 6.83. The van der Waals surface area contributed by atoms with E-state index < -0.39 is 0 Å². The second kappa shape index (κ2) is 16.3. The average Bonchev–Trinajstić information content (AvgIpc) is 3.52. The van der Waals surface area contributed by atoms with Gasteiger partial charge in [0.05, 0.1) is 5.76 Å². The first-order valence-electron chi connectivity index (χ1n) is 17.3. The largest absolute Gasteiger partial charge is 0.512 e. The van der Waals surface area contributed by atoms with Crippen molar-refractivity contribution in [1.82, 2.24) is 9.97 Å². The van der Waals surface area contributed by atoms with Gasteiger partial charge in [-0.2, -0.15) is 0 Å². The Morgan fingerprint density at radius 2 is 1.53 bits per heavy atom. The standard InChI is InChI=1S/C30H19N2O.C13H24O2.Ir/c1-2-7-19(8-3-1)25-18-21(17-20-9-4-5-10-22(20)25)29-30-24(14-16-32-29)28-23-11-6-15-31-26(23)12-13-27(28)33-30;1-5-10(6-2)12(14)9-13(15)11(7-3)8-4;/h1-11,14-16,18H,12-13H2;9-11,14H,5-8H2,1-4H3;/q-1;;/b;12-9-;. The number of carbonyl (C=O) groups excluding carboxylic acids is 1. The molecule has 253 valence electrons. The normalized spacial score (nSPS) is 12.3.